The zero-order valence-electron chi connectivity index (χ0n) is 14.9. The molecule has 0 aliphatic heterocycles. The maximum Gasteiger partial charge on any atom is 0.333 e. The summed E-state index contributed by atoms with van der Waals surface area (Å²) in [5.41, 5.74) is 0.369. The summed E-state index contributed by atoms with van der Waals surface area (Å²) in [6.45, 7) is 5.65. The molecule has 0 saturated heterocycles. The van der Waals surface area contributed by atoms with Crippen LogP contribution in [0.2, 0.25) is 0 Å². The number of fused-ring (bicyclic) bond motifs is 3. The Bertz CT molecular complexity index is 1100. The topological polar surface area (TPSA) is 92.5 Å². The molecule has 3 rings (SSSR count). The minimum absolute atomic E-state index is 0.198. The lowest BCUT2D eigenvalue weighted by molar-refractivity contribution is -0.141. The first-order valence-electron chi connectivity index (χ1n) is 8.08. The van der Waals surface area contributed by atoms with E-state index in [1.54, 1.807) is 4.40 Å². The number of nitrogens with zero attached hydrogens (tertiary/aromatic N) is 5. The number of esters is 1. The van der Waals surface area contributed by atoms with E-state index in [1.165, 1.54) is 18.7 Å². The average Bonchev–Trinajstić information content (AvgIpc) is 3.10. The Morgan fingerprint density at radius 2 is 2.04 bits per heavy atom. The van der Waals surface area contributed by atoms with Crippen molar-refractivity contribution >= 4 is 22.9 Å². The fraction of sp³-hybridized carbons (Fsp3) is 0.500. The molecule has 0 amide bonds. The van der Waals surface area contributed by atoms with Gasteiger partial charge in [-0.05, 0) is 20.3 Å². The molecule has 25 heavy (non-hydrogen) atoms. The Kier molecular flexibility index (Phi) is 4.02. The number of aryl methyl sites for hydroxylation is 2. The second-order valence-corrected chi connectivity index (χ2v) is 6.16. The monoisotopic (exact) mass is 347 g/mol. The first-order valence-corrected chi connectivity index (χ1v) is 8.08. The molecule has 3 heterocycles. The summed E-state index contributed by atoms with van der Waals surface area (Å²) in [6.07, 6.45) is 2.73. The summed E-state index contributed by atoms with van der Waals surface area (Å²) in [5.74, 6) is -0.0579. The van der Waals surface area contributed by atoms with Crippen LogP contribution in [-0.2, 0) is 23.1 Å². The predicted molar refractivity (Wildman–Crippen MR) is 91.9 cm³/mol. The third-order valence-electron chi connectivity index (χ3n) is 4.62. The van der Waals surface area contributed by atoms with Crippen molar-refractivity contribution < 1.29 is 9.53 Å². The molecule has 0 N–H and O–H groups in total. The van der Waals surface area contributed by atoms with Crippen molar-refractivity contribution in [3.05, 3.63) is 32.7 Å². The van der Waals surface area contributed by atoms with E-state index in [2.05, 4.69) is 23.6 Å². The van der Waals surface area contributed by atoms with E-state index in [0.717, 1.165) is 16.7 Å². The molecule has 134 valence electrons. The Balaban J connectivity index is 2.42. The van der Waals surface area contributed by atoms with Crippen LogP contribution in [0, 0.1) is 6.92 Å². The van der Waals surface area contributed by atoms with Crippen molar-refractivity contribution in [3.63, 3.8) is 0 Å². The third kappa shape index (κ3) is 2.38. The molecule has 0 radical (unpaired) electrons. The van der Waals surface area contributed by atoms with Gasteiger partial charge in [0.1, 0.15) is 6.54 Å². The second kappa shape index (κ2) is 5.91. The van der Waals surface area contributed by atoms with Gasteiger partial charge in [-0.25, -0.2) is 9.36 Å². The molecular weight excluding hydrogens is 326 g/mol. The van der Waals surface area contributed by atoms with Crippen LogP contribution in [0.25, 0.3) is 16.9 Å². The molecule has 0 spiro atoms. The summed E-state index contributed by atoms with van der Waals surface area (Å²) >= 11 is 0. The molecule has 1 atom stereocenters. The maximum atomic E-state index is 12.9. The van der Waals surface area contributed by atoms with Gasteiger partial charge in [-0.1, -0.05) is 6.92 Å². The fourth-order valence-electron chi connectivity index (χ4n) is 3.09. The molecule has 0 bridgehead atoms. The summed E-state index contributed by atoms with van der Waals surface area (Å²) in [4.78, 5) is 41.4. The van der Waals surface area contributed by atoms with Crippen LogP contribution in [0.15, 0.2) is 15.8 Å². The van der Waals surface area contributed by atoms with Gasteiger partial charge in [-0.3, -0.25) is 18.6 Å². The third-order valence-corrected chi connectivity index (χ3v) is 4.62. The van der Waals surface area contributed by atoms with Gasteiger partial charge in [0.15, 0.2) is 11.2 Å². The quantitative estimate of drug-likeness (QED) is 0.645. The van der Waals surface area contributed by atoms with Crippen molar-refractivity contribution in [2.24, 2.45) is 7.05 Å². The molecule has 0 fully saturated rings. The number of methoxy groups -OCH3 is 1. The number of hydrogen-bond acceptors (Lipinski definition) is 5. The summed E-state index contributed by atoms with van der Waals surface area (Å²) in [6, 6.07) is 0.198. The molecule has 3 aromatic rings. The Hall–Kier alpha value is -2.84. The number of carbonyl (C=O) groups is 1. The molecule has 9 nitrogen and oxygen atoms in total. The molecule has 0 saturated carbocycles. The van der Waals surface area contributed by atoms with Gasteiger partial charge in [-0.15, -0.1) is 0 Å². The number of carbonyl (C=O) groups excluding carboxylic acids is 1. The highest BCUT2D eigenvalue weighted by Crippen LogP contribution is 2.22. The molecule has 0 aliphatic carbocycles. The molecular formula is C16H21N5O4. The van der Waals surface area contributed by atoms with Gasteiger partial charge < -0.3 is 9.30 Å². The lowest BCUT2D eigenvalue weighted by Gasteiger charge is -2.12. The van der Waals surface area contributed by atoms with Crippen molar-refractivity contribution in [1.29, 1.82) is 0 Å². The first-order chi connectivity index (χ1) is 11.8. The Morgan fingerprint density at radius 1 is 1.36 bits per heavy atom. The van der Waals surface area contributed by atoms with Crippen molar-refractivity contribution in [2.45, 2.75) is 39.8 Å². The van der Waals surface area contributed by atoms with E-state index in [-0.39, 0.29) is 11.6 Å². The molecule has 0 aromatic carbocycles. The van der Waals surface area contributed by atoms with Gasteiger partial charge in [0.05, 0.1) is 7.11 Å². The van der Waals surface area contributed by atoms with E-state index < -0.39 is 23.8 Å². The summed E-state index contributed by atoms with van der Waals surface area (Å²) in [5, 5.41) is 0. The summed E-state index contributed by atoms with van der Waals surface area (Å²) < 4.78 is 10.5. The highest BCUT2D eigenvalue weighted by Gasteiger charge is 2.22. The van der Waals surface area contributed by atoms with E-state index in [0.29, 0.717) is 11.4 Å². The first kappa shape index (κ1) is 17.0. The number of rotatable bonds is 4. The lowest BCUT2D eigenvalue weighted by atomic mass is 10.2. The summed E-state index contributed by atoms with van der Waals surface area (Å²) in [7, 11) is 2.74. The second-order valence-electron chi connectivity index (χ2n) is 6.16. The van der Waals surface area contributed by atoms with E-state index in [9.17, 15) is 14.4 Å². The van der Waals surface area contributed by atoms with Crippen molar-refractivity contribution in [1.82, 2.24) is 23.1 Å². The molecule has 9 heteroatoms. The number of hydrogen-bond donors (Lipinski definition) is 0. The van der Waals surface area contributed by atoms with E-state index >= 15 is 0 Å². The van der Waals surface area contributed by atoms with Crippen LogP contribution < -0.4 is 11.2 Å². The van der Waals surface area contributed by atoms with Crippen LogP contribution >= 0.6 is 0 Å². The van der Waals surface area contributed by atoms with Crippen LogP contribution in [0.4, 0.5) is 0 Å². The largest absolute Gasteiger partial charge is 0.468 e. The molecule has 0 aliphatic rings. The average molecular weight is 347 g/mol. The van der Waals surface area contributed by atoms with Gasteiger partial charge in [0.2, 0.25) is 5.78 Å². The molecule has 1 unspecified atom stereocenters. The number of imidazole rings is 2. The van der Waals surface area contributed by atoms with Crippen LogP contribution in [0.1, 0.15) is 32.0 Å². The van der Waals surface area contributed by atoms with Crippen LogP contribution in [-0.4, -0.2) is 36.2 Å². The molecule has 3 aromatic heterocycles. The predicted octanol–water partition coefficient (Wildman–Crippen LogP) is 0.602. The Labute approximate surface area is 143 Å². The number of aromatic nitrogens is 5. The Morgan fingerprint density at radius 3 is 2.64 bits per heavy atom. The normalized spacial score (nSPS) is 12.8. The minimum Gasteiger partial charge on any atom is -0.468 e. The maximum absolute atomic E-state index is 12.9. The number of ether oxygens (including phenoxy) is 1. The highest BCUT2D eigenvalue weighted by molar-refractivity contribution is 5.76. The zero-order chi connectivity index (χ0) is 18.5. The van der Waals surface area contributed by atoms with E-state index in [1.807, 2.05) is 17.7 Å². The lowest BCUT2D eigenvalue weighted by Crippen LogP contribution is -2.41. The van der Waals surface area contributed by atoms with Crippen molar-refractivity contribution in [2.75, 3.05) is 7.11 Å². The minimum atomic E-state index is -0.660. The van der Waals surface area contributed by atoms with Gasteiger partial charge in [-0.2, -0.15) is 4.98 Å². The zero-order valence-corrected chi connectivity index (χ0v) is 14.9. The van der Waals surface area contributed by atoms with Crippen LogP contribution in [0.5, 0.6) is 0 Å². The smallest absolute Gasteiger partial charge is 0.333 e. The highest BCUT2D eigenvalue weighted by atomic mass is 16.5. The SMILES string of the molecule is CCC(C)n1c(C)cn2c3c(=O)n(CC(=O)OC)c(=O)n(C)c3nc12. The van der Waals surface area contributed by atoms with Gasteiger partial charge in [0.25, 0.3) is 5.56 Å². The standard InChI is InChI=1S/C16H21N5O4/c1-6-9(2)21-10(3)7-19-12-13(17-15(19)21)18(4)16(24)20(14(12)23)8-11(22)25-5/h7,9H,6,8H2,1-5H3. The van der Waals surface area contributed by atoms with Gasteiger partial charge in [0, 0.05) is 25.0 Å². The fourth-order valence-corrected chi connectivity index (χ4v) is 3.09. The van der Waals surface area contributed by atoms with Gasteiger partial charge >= 0.3 is 11.7 Å². The van der Waals surface area contributed by atoms with Crippen molar-refractivity contribution in [3.8, 4) is 0 Å². The van der Waals surface area contributed by atoms with E-state index in [4.69, 9.17) is 0 Å². The van der Waals surface area contributed by atoms with Crippen LogP contribution in [0.3, 0.4) is 0 Å².